The monoisotopic (exact) mass is 350 g/mol. The van der Waals surface area contributed by atoms with Crippen molar-refractivity contribution in [3.63, 3.8) is 0 Å². The highest BCUT2D eigenvalue weighted by Crippen LogP contribution is 2.37. The first-order valence-electron chi connectivity index (χ1n) is 5.64. The first-order chi connectivity index (χ1) is 9.94. The minimum absolute atomic E-state index is 0.00544. The zero-order valence-corrected chi connectivity index (χ0v) is 13.1. The van der Waals surface area contributed by atoms with Crippen molar-refractivity contribution in [3.05, 3.63) is 16.2 Å². The highest BCUT2D eigenvalue weighted by atomic mass is 32.2. The molecule has 10 nitrogen and oxygen atoms in total. The predicted octanol–water partition coefficient (Wildman–Crippen LogP) is 1.53. The molecule has 0 unspecified atom stereocenters. The Bertz CT molecular complexity index is 725. The fourth-order valence-corrected chi connectivity index (χ4v) is 4.27. The van der Waals surface area contributed by atoms with Crippen LogP contribution >= 0.6 is 22.9 Å². The zero-order valence-electron chi connectivity index (χ0n) is 10.6. The second-order valence-electron chi connectivity index (χ2n) is 3.74. The number of anilines is 2. The van der Waals surface area contributed by atoms with Gasteiger partial charge in [0, 0.05) is 24.1 Å². The Kier molecular flexibility index (Phi) is 4.64. The smallest absolute Gasteiger partial charge is 0.304 e. The fourth-order valence-electron chi connectivity index (χ4n) is 1.33. The molecule has 0 aromatic carbocycles. The summed E-state index contributed by atoms with van der Waals surface area (Å²) in [6.07, 6.45) is 0.756. The molecule has 2 heterocycles. The van der Waals surface area contributed by atoms with E-state index in [2.05, 4.69) is 24.8 Å². The fraction of sp³-hybridized carbons (Fsp3) is 0.375. The van der Waals surface area contributed by atoms with Crippen LogP contribution in [-0.2, 0) is 10.0 Å². The third-order valence-corrected chi connectivity index (χ3v) is 5.74. The zero-order chi connectivity index (χ0) is 15.5. The van der Waals surface area contributed by atoms with E-state index < -0.39 is 14.9 Å². The largest absolute Gasteiger partial charge is 0.371 e. The van der Waals surface area contributed by atoms with E-state index in [1.165, 1.54) is 0 Å². The van der Waals surface area contributed by atoms with Gasteiger partial charge in [0.05, 0.1) is 4.92 Å². The number of nitrogens with zero attached hydrogens (tertiary/aromatic N) is 4. The Morgan fingerprint density at radius 2 is 2.24 bits per heavy atom. The van der Waals surface area contributed by atoms with E-state index in [0.717, 1.165) is 35.4 Å². The van der Waals surface area contributed by atoms with Crippen molar-refractivity contribution >= 4 is 48.7 Å². The molecule has 0 saturated heterocycles. The van der Waals surface area contributed by atoms with Gasteiger partial charge >= 0.3 is 5.69 Å². The van der Waals surface area contributed by atoms with Crippen molar-refractivity contribution in [2.75, 3.05) is 16.6 Å². The molecule has 2 aromatic heterocycles. The Morgan fingerprint density at radius 1 is 1.48 bits per heavy atom. The van der Waals surface area contributed by atoms with Crippen molar-refractivity contribution in [2.24, 2.45) is 0 Å². The van der Waals surface area contributed by atoms with Gasteiger partial charge in [0.15, 0.2) is 5.00 Å². The van der Waals surface area contributed by atoms with Crippen molar-refractivity contribution in [3.8, 4) is 0 Å². The second kappa shape index (κ2) is 6.28. The van der Waals surface area contributed by atoms with Gasteiger partial charge in [0.1, 0.15) is 4.21 Å². The van der Waals surface area contributed by atoms with Crippen LogP contribution in [-0.4, -0.2) is 34.7 Å². The lowest BCUT2D eigenvalue weighted by atomic mass is 10.4. The third-order valence-electron chi connectivity index (χ3n) is 2.21. The number of thiophene rings is 1. The average Bonchev–Trinajstić information content (AvgIpc) is 3.04. The van der Waals surface area contributed by atoms with Crippen LogP contribution in [0.3, 0.4) is 0 Å². The Morgan fingerprint density at radius 3 is 2.81 bits per heavy atom. The molecule has 2 N–H and O–H groups in total. The van der Waals surface area contributed by atoms with Crippen LogP contribution < -0.4 is 10.0 Å². The van der Waals surface area contributed by atoms with Crippen LogP contribution in [0, 0.1) is 10.1 Å². The first-order valence-corrected chi connectivity index (χ1v) is 8.71. The maximum atomic E-state index is 12.1. The molecule has 0 spiro atoms. The SMILES string of the molecule is CCCNc1sc(S(=O)(=O)Nc2nnns2)cc1[N+](=O)[O-]. The third kappa shape index (κ3) is 3.62. The van der Waals surface area contributed by atoms with E-state index in [1.54, 1.807) is 0 Å². The summed E-state index contributed by atoms with van der Waals surface area (Å²) >= 11 is 1.56. The average molecular weight is 350 g/mol. The molecule has 0 aliphatic heterocycles. The topological polar surface area (TPSA) is 140 Å². The molecule has 21 heavy (non-hydrogen) atoms. The standard InChI is InChI=1S/C8H10N6O4S3/c1-2-3-9-7-5(14(15)16)4-6(19-7)21(17,18)11-8-10-12-13-20-8/h4,9H,2-3H2,1H3,(H,10,11,13). The summed E-state index contributed by atoms with van der Waals surface area (Å²) in [7, 11) is -3.95. The van der Waals surface area contributed by atoms with Crippen molar-refractivity contribution in [1.82, 2.24) is 14.8 Å². The molecular formula is C8H10N6O4S3. The first kappa shape index (κ1) is 15.5. The predicted molar refractivity (Wildman–Crippen MR) is 78.3 cm³/mol. The number of nitro groups is 1. The molecule has 0 atom stereocenters. The molecular weight excluding hydrogens is 340 g/mol. The summed E-state index contributed by atoms with van der Waals surface area (Å²) in [5.74, 6) is 0. The molecule has 0 amide bonds. The Hall–Kier alpha value is -1.86. The maximum Gasteiger partial charge on any atom is 0.304 e. The lowest BCUT2D eigenvalue weighted by Crippen LogP contribution is -2.11. The molecule has 0 saturated carbocycles. The number of aromatic nitrogens is 3. The van der Waals surface area contributed by atoms with Crippen molar-refractivity contribution < 1.29 is 13.3 Å². The molecule has 2 rings (SSSR count). The van der Waals surface area contributed by atoms with Crippen LogP contribution in [0.15, 0.2) is 10.3 Å². The van der Waals surface area contributed by atoms with Gasteiger partial charge in [-0.15, -0.1) is 0 Å². The number of nitrogens with one attached hydrogen (secondary N) is 2. The molecule has 0 fully saturated rings. The highest BCUT2D eigenvalue weighted by Gasteiger charge is 2.26. The van der Waals surface area contributed by atoms with E-state index in [0.29, 0.717) is 6.54 Å². The summed E-state index contributed by atoms with van der Waals surface area (Å²) in [6.45, 7) is 2.41. The van der Waals surface area contributed by atoms with E-state index in [9.17, 15) is 18.5 Å². The van der Waals surface area contributed by atoms with E-state index in [4.69, 9.17) is 0 Å². The molecule has 0 bridgehead atoms. The summed E-state index contributed by atoms with van der Waals surface area (Å²) in [5, 5.41) is 20.7. The summed E-state index contributed by atoms with van der Waals surface area (Å²) in [6, 6.07) is 1.01. The number of rotatable bonds is 7. The van der Waals surface area contributed by atoms with Crippen LogP contribution in [0.5, 0.6) is 0 Å². The van der Waals surface area contributed by atoms with Gasteiger partial charge in [-0.05, 0) is 11.6 Å². The van der Waals surface area contributed by atoms with Gasteiger partial charge in [-0.1, -0.05) is 27.8 Å². The normalized spacial score (nSPS) is 11.3. The second-order valence-corrected chi connectivity index (χ2v) is 7.43. The molecule has 0 aliphatic carbocycles. The highest BCUT2D eigenvalue weighted by molar-refractivity contribution is 7.95. The van der Waals surface area contributed by atoms with E-state index in [-0.39, 0.29) is 20.0 Å². The van der Waals surface area contributed by atoms with Gasteiger partial charge in [-0.2, -0.15) is 0 Å². The van der Waals surface area contributed by atoms with Crippen LogP contribution in [0.25, 0.3) is 0 Å². The van der Waals surface area contributed by atoms with Gasteiger partial charge in [0.25, 0.3) is 10.0 Å². The maximum absolute atomic E-state index is 12.1. The van der Waals surface area contributed by atoms with Crippen molar-refractivity contribution in [1.29, 1.82) is 0 Å². The quantitative estimate of drug-likeness (QED) is 0.566. The molecule has 13 heteroatoms. The summed E-state index contributed by atoms with van der Waals surface area (Å²) in [5.41, 5.74) is -0.274. The van der Waals surface area contributed by atoms with Crippen LogP contribution in [0.2, 0.25) is 0 Å². The van der Waals surface area contributed by atoms with E-state index >= 15 is 0 Å². The number of hydrogen-bond acceptors (Lipinski definition) is 10. The van der Waals surface area contributed by atoms with Crippen LogP contribution in [0.1, 0.15) is 13.3 Å². The minimum Gasteiger partial charge on any atom is -0.371 e. The van der Waals surface area contributed by atoms with Gasteiger partial charge in [0.2, 0.25) is 5.13 Å². The summed E-state index contributed by atoms with van der Waals surface area (Å²) < 4.78 is 29.7. The van der Waals surface area contributed by atoms with Crippen LogP contribution in [0.4, 0.5) is 15.8 Å². The summed E-state index contributed by atoms with van der Waals surface area (Å²) in [4.78, 5) is 10.3. The molecule has 2 aromatic rings. The van der Waals surface area contributed by atoms with Crippen molar-refractivity contribution in [2.45, 2.75) is 17.6 Å². The number of hydrogen-bond donors (Lipinski definition) is 2. The molecule has 0 aliphatic rings. The lowest BCUT2D eigenvalue weighted by molar-refractivity contribution is -0.383. The Balaban J connectivity index is 2.32. The molecule has 0 radical (unpaired) electrons. The van der Waals surface area contributed by atoms with E-state index in [1.807, 2.05) is 6.92 Å². The lowest BCUT2D eigenvalue weighted by Gasteiger charge is -2.00. The Labute approximate surface area is 127 Å². The van der Waals surface area contributed by atoms with Gasteiger partial charge < -0.3 is 5.32 Å². The van der Waals surface area contributed by atoms with Gasteiger partial charge in [-0.25, -0.2) is 8.42 Å². The van der Waals surface area contributed by atoms with Gasteiger partial charge in [-0.3, -0.25) is 14.8 Å². The minimum atomic E-state index is -3.95. The number of sulfonamides is 1. The molecule has 114 valence electrons.